The minimum Gasteiger partial charge on any atom is -0.474 e. The predicted octanol–water partition coefficient (Wildman–Crippen LogP) is 2.94. The first-order chi connectivity index (χ1) is 14.1. The van der Waals surface area contributed by atoms with Crippen LogP contribution in [0.4, 0.5) is 5.13 Å². The number of hydrogen-bond donors (Lipinski definition) is 1. The maximum atomic E-state index is 12.5. The first kappa shape index (κ1) is 19.8. The summed E-state index contributed by atoms with van der Waals surface area (Å²) >= 11 is 1.40. The molecule has 0 aromatic carbocycles. The zero-order valence-electron chi connectivity index (χ0n) is 16.2. The molecular weight excluding hydrogens is 394 g/mol. The second-order valence-electron chi connectivity index (χ2n) is 6.94. The van der Waals surface area contributed by atoms with Crippen molar-refractivity contribution in [3.8, 4) is 5.88 Å². The summed E-state index contributed by atoms with van der Waals surface area (Å²) in [4.78, 5) is 34.3. The van der Waals surface area contributed by atoms with Crippen LogP contribution in [0.15, 0.2) is 18.3 Å². The molecule has 2 aromatic heterocycles. The highest BCUT2D eigenvalue weighted by molar-refractivity contribution is 7.16. The van der Waals surface area contributed by atoms with Gasteiger partial charge in [-0.2, -0.15) is 0 Å². The van der Waals surface area contributed by atoms with Gasteiger partial charge in [0.2, 0.25) is 5.88 Å². The molecule has 8 nitrogen and oxygen atoms in total. The highest BCUT2D eigenvalue weighted by atomic mass is 32.1. The number of aromatic nitrogens is 2. The third-order valence-corrected chi connectivity index (χ3v) is 6.01. The summed E-state index contributed by atoms with van der Waals surface area (Å²) in [5, 5.41) is 3.28. The van der Waals surface area contributed by atoms with Crippen LogP contribution in [0.1, 0.15) is 53.0 Å². The van der Waals surface area contributed by atoms with Gasteiger partial charge < -0.3 is 14.2 Å². The van der Waals surface area contributed by atoms with Crippen LogP contribution in [0.25, 0.3) is 0 Å². The third-order valence-electron chi connectivity index (χ3n) is 4.96. The van der Waals surface area contributed by atoms with E-state index in [1.54, 1.807) is 19.1 Å². The van der Waals surface area contributed by atoms with Gasteiger partial charge in [-0.15, -0.1) is 11.3 Å². The molecule has 9 heteroatoms. The summed E-state index contributed by atoms with van der Waals surface area (Å²) in [6, 6.07) is 3.38. The summed E-state index contributed by atoms with van der Waals surface area (Å²) in [7, 11) is 0. The van der Waals surface area contributed by atoms with Crippen LogP contribution >= 0.6 is 11.3 Å². The van der Waals surface area contributed by atoms with Crippen LogP contribution < -0.4 is 10.1 Å². The van der Waals surface area contributed by atoms with Crippen LogP contribution in [0.3, 0.4) is 0 Å². The smallest absolute Gasteiger partial charge is 0.315 e. The molecule has 0 radical (unpaired) electrons. The van der Waals surface area contributed by atoms with Gasteiger partial charge in [-0.05, 0) is 25.8 Å². The average Bonchev–Trinajstić information content (AvgIpc) is 3.29. The van der Waals surface area contributed by atoms with Gasteiger partial charge in [0.15, 0.2) is 5.13 Å². The fraction of sp³-hybridized carbons (Fsp3) is 0.500. The molecule has 1 saturated heterocycles. The Hall–Kier alpha value is -2.52. The number of hydrogen-bond acceptors (Lipinski definition) is 8. The van der Waals surface area contributed by atoms with Crippen molar-refractivity contribution < 1.29 is 23.8 Å². The molecule has 29 heavy (non-hydrogen) atoms. The first-order valence-corrected chi connectivity index (χ1v) is 10.6. The number of ether oxygens (including phenoxy) is 3. The lowest BCUT2D eigenvalue weighted by Crippen LogP contribution is -2.26. The van der Waals surface area contributed by atoms with E-state index in [-0.39, 0.29) is 23.9 Å². The zero-order valence-corrected chi connectivity index (χ0v) is 17.0. The molecule has 154 valence electrons. The van der Waals surface area contributed by atoms with E-state index in [0.29, 0.717) is 42.8 Å². The normalized spacial score (nSPS) is 18.9. The number of nitrogens with one attached hydrogen (secondary N) is 1. The lowest BCUT2D eigenvalue weighted by atomic mass is 10.1. The highest BCUT2D eigenvalue weighted by Crippen LogP contribution is 2.39. The molecular formula is C20H23N3O5S. The quantitative estimate of drug-likeness (QED) is 0.721. The predicted molar refractivity (Wildman–Crippen MR) is 106 cm³/mol. The Labute approximate surface area is 172 Å². The number of thiazole rings is 1. The van der Waals surface area contributed by atoms with Gasteiger partial charge in [0.1, 0.15) is 12.0 Å². The summed E-state index contributed by atoms with van der Waals surface area (Å²) in [6.45, 7) is 3.52. The number of pyridine rings is 1. The second-order valence-corrected chi connectivity index (χ2v) is 8.02. The largest absolute Gasteiger partial charge is 0.474 e. The summed E-state index contributed by atoms with van der Waals surface area (Å²) < 4.78 is 16.3. The topological polar surface area (TPSA) is 99.6 Å². The summed E-state index contributed by atoms with van der Waals surface area (Å²) in [5.74, 6) is -0.386. The number of nitrogens with zero attached hydrogens (tertiary/aromatic N) is 2. The van der Waals surface area contributed by atoms with Gasteiger partial charge >= 0.3 is 5.97 Å². The van der Waals surface area contributed by atoms with Gasteiger partial charge in [0.05, 0.1) is 31.1 Å². The van der Waals surface area contributed by atoms with Crippen LogP contribution in [0, 0.1) is 0 Å². The number of carbonyl (C=O) groups is 2. The molecule has 4 rings (SSSR count). The molecule has 2 aliphatic rings. The van der Waals surface area contributed by atoms with E-state index in [1.807, 2.05) is 0 Å². The van der Waals surface area contributed by atoms with Crippen molar-refractivity contribution >= 4 is 28.3 Å². The van der Waals surface area contributed by atoms with Crippen molar-refractivity contribution in [3.63, 3.8) is 0 Å². The molecule has 1 atom stereocenters. The van der Waals surface area contributed by atoms with Crippen LogP contribution in [0.2, 0.25) is 0 Å². The van der Waals surface area contributed by atoms with E-state index >= 15 is 0 Å². The number of aryl methyl sites for hydroxylation is 1. The number of anilines is 1. The molecule has 1 N–H and O–H groups in total. The first-order valence-electron chi connectivity index (χ1n) is 9.82. The van der Waals surface area contributed by atoms with Crippen molar-refractivity contribution in [1.82, 2.24) is 9.97 Å². The van der Waals surface area contributed by atoms with Crippen molar-refractivity contribution in [2.45, 2.75) is 44.6 Å². The molecule has 0 spiro atoms. The minimum atomic E-state index is -0.338. The molecule has 1 amide bonds. The third kappa shape index (κ3) is 4.56. The molecule has 1 unspecified atom stereocenters. The maximum Gasteiger partial charge on any atom is 0.315 e. The average molecular weight is 417 g/mol. The summed E-state index contributed by atoms with van der Waals surface area (Å²) in [6.07, 6.45) is 4.75. The zero-order chi connectivity index (χ0) is 20.2. The summed E-state index contributed by atoms with van der Waals surface area (Å²) in [5.41, 5.74) is 1.14. The molecule has 1 aliphatic carbocycles. The van der Waals surface area contributed by atoms with Crippen molar-refractivity contribution in [3.05, 3.63) is 34.5 Å². The van der Waals surface area contributed by atoms with E-state index in [1.165, 1.54) is 17.5 Å². The Morgan fingerprint density at radius 2 is 2.10 bits per heavy atom. The van der Waals surface area contributed by atoms with E-state index in [0.717, 1.165) is 29.8 Å². The Balaban J connectivity index is 1.37. The molecule has 1 aliphatic heterocycles. The number of carbonyl (C=O) groups excluding carboxylic acids is 2. The standard InChI is InChI=1S/C20H23N3O5S/c1-2-27-19(25)14-4-5-15-17(14)22-20(29-15)23-18(24)12-3-6-16(21-11-12)28-13-7-9-26-10-8-13/h3,6,11,13-14H,2,4-5,7-10H2,1H3,(H,22,23,24). The van der Waals surface area contributed by atoms with Gasteiger partial charge in [-0.1, -0.05) is 0 Å². The van der Waals surface area contributed by atoms with Gasteiger partial charge in [-0.25, -0.2) is 9.97 Å². The monoisotopic (exact) mass is 417 g/mol. The SMILES string of the molecule is CCOC(=O)C1CCc2sc(NC(=O)c3ccc(OC4CCOCC4)nc3)nc21. The lowest BCUT2D eigenvalue weighted by Gasteiger charge is -2.22. The van der Waals surface area contributed by atoms with Crippen LogP contribution in [-0.4, -0.2) is 47.8 Å². The van der Waals surface area contributed by atoms with Gasteiger partial charge in [-0.3, -0.25) is 14.9 Å². The second kappa shape index (κ2) is 8.87. The molecule has 2 aromatic rings. The Morgan fingerprint density at radius 1 is 1.28 bits per heavy atom. The van der Waals surface area contributed by atoms with Crippen LogP contribution in [-0.2, 0) is 20.7 Å². The molecule has 0 bridgehead atoms. The fourth-order valence-corrected chi connectivity index (χ4v) is 4.50. The van der Waals surface area contributed by atoms with Crippen LogP contribution in [0.5, 0.6) is 5.88 Å². The van der Waals surface area contributed by atoms with Crippen molar-refractivity contribution in [1.29, 1.82) is 0 Å². The molecule has 0 saturated carbocycles. The molecule has 1 fully saturated rings. The number of esters is 1. The van der Waals surface area contributed by atoms with Crippen molar-refractivity contribution in [2.75, 3.05) is 25.1 Å². The highest BCUT2D eigenvalue weighted by Gasteiger charge is 2.33. The van der Waals surface area contributed by atoms with Gasteiger partial charge in [0, 0.05) is 30.0 Å². The lowest BCUT2D eigenvalue weighted by molar-refractivity contribution is -0.145. The van der Waals surface area contributed by atoms with Gasteiger partial charge in [0.25, 0.3) is 5.91 Å². The fourth-order valence-electron chi connectivity index (χ4n) is 3.47. The van der Waals surface area contributed by atoms with E-state index in [9.17, 15) is 9.59 Å². The van der Waals surface area contributed by atoms with E-state index in [4.69, 9.17) is 14.2 Å². The van der Waals surface area contributed by atoms with E-state index < -0.39 is 0 Å². The Bertz CT molecular complexity index is 877. The molecule has 3 heterocycles. The number of rotatable bonds is 6. The maximum absolute atomic E-state index is 12.5. The number of amides is 1. The minimum absolute atomic E-state index is 0.0981. The number of fused-ring (bicyclic) bond motifs is 1. The van der Waals surface area contributed by atoms with E-state index in [2.05, 4.69) is 15.3 Å². The Morgan fingerprint density at radius 3 is 2.83 bits per heavy atom. The Kier molecular flexibility index (Phi) is 6.05. The van der Waals surface area contributed by atoms with Crippen molar-refractivity contribution in [2.24, 2.45) is 0 Å².